The molecule has 2 heterocycles. The van der Waals surface area contributed by atoms with Crippen molar-refractivity contribution in [3.8, 4) is 0 Å². The second kappa shape index (κ2) is 4.63. The Morgan fingerprint density at radius 3 is 2.67 bits per heavy atom. The average molecular weight is 282 g/mol. The van der Waals surface area contributed by atoms with Crippen LogP contribution >= 0.6 is 27.7 Å². The molecule has 0 radical (unpaired) electrons. The third-order valence-electron chi connectivity index (χ3n) is 1.65. The van der Waals surface area contributed by atoms with Gasteiger partial charge in [-0.2, -0.15) is 0 Å². The van der Waals surface area contributed by atoms with Gasteiger partial charge in [-0.3, -0.25) is 0 Å². The summed E-state index contributed by atoms with van der Waals surface area (Å²) in [4.78, 5) is 8.42. The zero-order valence-corrected chi connectivity index (χ0v) is 10.1. The topological polar surface area (TPSA) is 51.8 Å². The van der Waals surface area contributed by atoms with Crippen LogP contribution in [0.5, 0.6) is 0 Å². The van der Waals surface area contributed by atoms with Crippen molar-refractivity contribution in [2.75, 3.05) is 5.73 Å². The van der Waals surface area contributed by atoms with Crippen molar-refractivity contribution in [3.05, 3.63) is 41.0 Å². The molecule has 2 aromatic rings. The van der Waals surface area contributed by atoms with Crippen LogP contribution in [0.1, 0.15) is 0 Å². The van der Waals surface area contributed by atoms with Crippen molar-refractivity contribution in [2.45, 2.75) is 10.1 Å². The Morgan fingerprint density at radius 2 is 2.00 bits per heavy atom. The number of rotatable bonds is 2. The van der Waals surface area contributed by atoms with Crippen LogP contribution in [0.4, 0.5) is 5.82 Å². The Labute approximate surface area is 100 Å². The summed E-state index contributed by atoms with van der Waals surface area (Å²) in [6.07, 6.45) is 1.76. The van der Waals surface area contributed by atoms with Crippen LogP contribution in [-0.2, 0) is 0 Å². The lowest BCUT2D eigenvalue weighted by Crippen LogP contribution is -1.90. The SMILES string of the molecule is Nc1cccc(Sc2ccc(Br)cn2)n1. The molecule has 0 atom stereocenters. The molecule has 2 rings (SSSR count). The highest BCUT2D eigenvalue weighted by Crippen LogP contribution is 2.25. The van der Waals surface area contributed by atoms with E-state index in [1.807, 2.05) is 24.3 Å². The van der Waals surface area contributed by atoms with Crippen LogP contribution in [0.2, 0.25) is 0 Å². The molecule has 0 aliphatic carbocycles. The Morgan fingerprint density at radius 1 is 1.13 bits per heavy atom. The molecule has 3 nitrogen and oxygen atoms in total. The van der Waals surface area contributed by atoms with Crippen molar-refractivity contribution in [2.24, 2.45) is 0 Å². The van der Waals surface area contributed by atoms with Crippen molar-refractivity contribution in [1.29, 1.82) is 0 Å². The first-order valence-electron chi connectivity index (χ1n) is 4.26. The Hall–Kier alpha value is -1.07. The van der Waals surface area contributed by atoms with Crippen LogP contribution in [0.3, 0.4) is 0 Å². The monoisotopic (exact) mass is 281 g/mol. The summed E-state index contributed by atoms with van der Waals surface area (Å²) in [6, 6.07) is 9.43. The predicted molar refractivity (Wildman–Crippen MR) is 64.7 cm³/mol. The highest BCUT2D eigenvalue weighted by atomic mass is 79.9. The summed E-state index contributed by atoms with van der Waals surface area (Å²) in [5.74, 6) is 0.525. The van der Waals surface area contributed by atoms with E-state index in [2.05, 4.69) is 25.9 Å². The molecule has 2 aromatic heterocycles. The molecule has 0 unspecified atom stereocenters. The first-order valence-corrected chi connectivity index (χ1v) is 5.87. The van der Waals surface area contributed by atoms with Gasteiger partial charge in [0.25, 0.3) is 0 Å². The van der Waals surface area contributed by atoms with Crippen LogP contribution in [-0.4, -0.2) is 9.97 Å². The van der Waals surface area contributed by atoms with Gasteiger partial charge >= 0.3 is 0 Å². The molecule has 0 amide bonds. The molecule has 5 heteroatoms. The summed E-state index contributed by atoms with van der Waals surface area (Å²) in [6.45, 7) is 0. The third kappa shape index (κ3) is 2.94. The van der Waals surface area contributed by atoms with E-state index in [1.165, 1.54) is 11.8 Å². The molecule has 0 aliphatic rings. The van der Waals surface area contributed by atoms with E-state index in [0.717, 1.165) is 14.5 Å². The fourth-order valence-corrected chi connectivity index (χ4v) is 2.01. The molecule has 15 heavy (non-hydrogen) atoms. The average Bonchev–Trinajstić information content (AvgIpc) is 2.22. The molecule has 0 saturated carbocycles. The fourth-order valence-electron chi connectivity index (χ4n) is 1.02. The predicted octanol–water partition coefficient (Wildman–Crippen LogP) is 2.97. The second-order valence-corrected chi connectivity index (χ2v) is 4.77. The number of hydrogen-bond donors (Lipinski definition) is 1. The molecule has 0 fully saturated rings. The van der Waals surface area contributed by atoms with E-state index in [-0.39, 0.29) is 0 Å². The van der Waals surface area contributed by atoms with Crippen molar-refractivity contribution in [1.82, 2.24) is 9.97 Å². The summed E-state index contributed by atoms with van der Waals surface area (Å²) in [5, 5.41) is 1.75. The number of aromatic nitrogens is 2. The van der Waals surface area contributed by atoms with E-state index < -0.39 is 0 Å². The zero-order chi connectivity index (χ0) is 10.7. The zero-order valence-electron chi connectivity index (χ0n) is 7.72. The highest BCUT2D eigenvalue weighted by molar-refractivity contribution is 9.10. The number of nitrogens with zero attached hydrogens (tertiary/aromatic N) is 2. The minimum atomic E-state index is 0.525. The first kappa shape index (κ1) is 10.4. The lowest BCUT2D eigenvalue weighted by molar-refractivity contribution is 1.09. The van der Waals surface area contributed by atoms with Crippen LogP contribution < -0.4 is 5.73 Å². The first-order chi connectivity index (χ1) is 7.24. The van der Waals surface area contributed by atoms with E-state index in [0.29, 0.717) is 5.82 Å². The van der Waals surface area contributed by atoms with Crippen LogP contribution in [0.15, 0.2) is 51.1 Å². The maximum absolute atomic E-state index is 5.58. The molecule has 76 valence electrons. The van der Waals surface area contributed by atoms with Gasteiger partial charge in [0, 0.05) is 10.7 Å². The lowest BCUT2D eigenvalue weighted by Gasteiger charge is -2.00. The van der Waals surface area contributed by atoms with E-state index in [1.54, 1.807) is 12.3 Å². The third-order valence-corrected chi connectivity index (χ3v) is 3.01. The van der Waals surface area contributed by atoms with Gasteiger partial charge in [0.2, 0.25) is 0 Å². The van der Waals surface area contributed by atoms with Gasteiger partial charge in [-0.05, 0) is 40.2 Å². The number of nitrogen functional groups attached to an aromatic ring is 1. The summed E-state index contributed by atoms with van der Waals surface area (Å²) < 4.78 is 0.965. The molecular weight excluding hydrogens is 274 g/mol. The maximum atomic E-state index is 5.58. The van der Waals surface area contributed by atoms with Crippen LogP contribution in [0.25, 0.3) is 0 Å². The summed E-state index contributed by atoms with van der Waals surface area (Å²) in [7, 11) is 0. The normalized spacial score (nSPS) is 10.2. The molecule has 0 aromatic carbocycles. The molecule has 0 aliphatic heterocycles. The minimum Gasteiger partial charge on any atom is -0.384 e. The number of nitrogens with two attached hydrogens (primary N) is 1. The van der Waals surface area contributed by atoms with Gasteiger partial charge in [-0.1, -0.05) is 17.8 Å². The Bertz CT molecular complexity index is 458. The van der Waals surface area contributed by atoms with Gasteiger partial charge in [0.15, 0.2) is 0 Å². The Balaban J connectivity index is 2.18. The van der Waals surface area contributed by atoms with Crippen molar-refractivity contribution >= 4 is 33.5 Å². The van der Waals surface area contributed by atoms with E-state index in [9.17, 15) is 0 Å². The van der Waals surface area contributed by atoms with Crippen LogP contribution in [0, 0.1) is 0 Å². The lowest BCUT2D eigenvalue weighted by atomic mass is 10.5. The maximum Gasteiger partial charge on any atom is 0.124 e. The largest absolute Gasteiger partial charge is 0.384 e. The minimum absolute atomic E-state index is 0.525. The fraction of sp³-hybridized carbons (Fsp3) is 0. The number of halogens is 1. The number of anilines is 1. The quantitative estimate of drug-likeness (QED) is 0.920. The van der Waals surface area contributed by atoms with E-state index in [4.69, 9.17) is 5.73 Å². The number of hydrogen-bond acceptors (Lipinski definition) is 4. The standard InChI is InChI=1S/C10H8BrN3S/c11-7-4-5-9(13-6-7)15-10-3-1-2-8(12)14-10/h1-6H,(H2,12,14). The number of pyridine rings is 2. The van der Waals surface area contributed by atoms with Gasteiger partial charge in [0.1, 0.15) is 15.9 Å². The van der Waals surface area contributed by atoms with Crippen molar-refractivity contribution in [3.63, 3.8) is 0 Å². The van der Waals surface area contributed by atoms with Crippen molar-refractivity contribution < 1.29 is 0 Å². The highest BCUT2D eigenvalue weighted by Gasteiger charge is 2.00. The van der Waals surface area contributed by atoms with E-state index >= 15 is 0 Å². The molecule has 0 saturated heterocycles. The summed E-state index contributed by atoms with van der Waals surface area (Å²) in [5.41, 5.74) is 5.58. The molecule has 0 bridgehead atoms. The molecule has 2 N–H and O–H groups in total. The van der Waals surface area contributed by atoms with Gasteiger partial charge < -0.3 is 5.73 Å². The second-order valence-electron chi connectivity index (χ2n) is 2.82. The molecule has 0 spiro atoms. The van der Waals surface area contributed by atoms with Gasteiger partial charge in [0.05, 0.1) is 0 Å². The Kier molecular flexibility index (Phi) is 3.23. The van der Waals surface area contributed by atoms with Gasteiger partial charge in [-0.15, -0.1) is 0 Å². The summed E-state index contributed by atoms with van der Waals surface area (Å²) >= 11 is 4.82. The van der Waals surface area contributed by atoms with Gasteiger partial charge in [-0.25, -0.2) is 9.97 Å². The molecular formula is C10H8BrN3S. The smallest absolute Gasteiger partial charge is 0.124 e.